The van der Waals surface area contributed by atoms with Gasteiger partial charge in [-0.15, -0.1) is 0 Å². The first-order valence-electron chi connectivity index (χ1n) is 5.71. The third kappa shape index (κ3) is 2.85. The first-order valence-corrected chi connectivity index (χ1v) is 6.50. The topological polar surface area (TPSA) is 65.9 Å². The van der Waals surface area contributed by atoms with E-state index >= 15 is 0 Å². The summed E-state index contributed by atoms with van der Waals surface area (Å²) in [6, 6.07) is 7.64. The van der Waals surface area contributed by atoms with E-state index in [1.165, 1.54) is 6.08 Å². The zero-order valence-corrected chi connectivity index (χ0v) is 11.8. The van der Waals surface area contributed by atoms with Crippen LogP contribution < -0.4 is 0 Å². The number of carbonyl (C=O) groups is 1. The van der Waals surface area contributed by atoms with E-state index < -0.39 is 5.97 Å². The maximum atomic E-state index is 11.6. The predicted octanol–water partition coefficient (Wildman–Crippen LogP) is 3.40. The molecule has 0 unspecified atom stereocenters. The number of halogens is 1. The summed E-state index contributed by atoms with van der Waals surface area (Å²) < 4.78 is 5.76. The number of nitrogens with zero attached hydrogens (tertiary/aromatic N) is 1. The number of hydrogen-bond donors (Lipinski definition) is 1. The predicted molar refractivity (Wildman–Crippen MR) is 76.2 cm³/mol. The Morgan fingerprint density at radius 1 is 1.58 bits per heavy atom. The molecule has 0 aliphatic carbocycles. The summed E-state index contributed by atoms with van der Waals surface area (Å²) in [4.78, 5) is 14.7. The number of aromatic amines is 1. The maximum absolute atomic E-state index is 11.6. The lowest BCUT2D eigenvalue weighted by Gasteiger charge is -1.99. The fourth-order valence-corrected chi connectivity index (χ4v) is 2.10. The molecule has 4 nitrogen and oxygen atoms in total. The summed E-state index contributed by atoms with van der Waals surface area (Å²) in [6.45, 7) is 1.95. The van der Waals surface area contributed by atoms with Gasteiger partial charge in [-0.05, 0) is 31.2 Å². The number of ether oxygens (including phenoxy) is 1. The third-order valence-corrected chi connectivity index (χ3v) is 3.08. The van der Waals surface area contributed by atoms with Crippen LogP contribution in [0.25, 0.3) is 17.0 Å². The highest BCUT2D eigenvalue weighted by Gasteiger charge is 2.11. The summed E-state index contributed by atoms with van der Waals surface area (Å²) in [5.41, 5.74) is 1.71. The molecule has 0 bridgehead atoms. The van der Waals surface area contributed by atoms with Gasteiger partial charge < -0.3 is 9.72 Å². The highest BCUT2D eigenvalue weighted by atomic mass is 79.9. The van der Waals surface area contributed by atoms with Crippen molar-refractivity contribution in [1.82, 2.24) is 4.98 Å². The van der Waals surface area contributed by atoms with E-state index in [2.05, 4.69) is 20.9 Å². The Morgan fingerprint density at radius 3 is 3.05 bits per heavy atom. The van der Waals surface area contributed by atoms with Crippen LogP contribution in [0.2, 0.25) is 0 Å². The number of hydrogen-bond acceptors (Lipinski definition) is 3. The Hall–Kier alpha value is -2.06. The smallest absolute Gasteiger partial charge is 0.348 e. The Morgan fingerprint density at radius 2 is 2.37 bits per heavy atom. The molecule has 0 fully saturated rings. The molecule has 19 heavy (non-hydrogen) atoms. The van der Waals surface area contributed by atoms with Crippen LogP contribution in [-0.4, -0.2) is 17.6 Å². The lowest BCUT2D eigenvalue weighted by atomic mass is 10.1. The van der Waals surface area contributed by atoms with Crippen LogP contribution in [0.5, 0.6) is 0 Å². The highest BCUT2D eigenvalue weighted by molar-refractivity contribution is 9.10. The number of aromatic nitrogens is 1. The quantitative estimate of drug-likeness (QED) is 0.536. The Bertz CT molecular complexity index is 695. The van der Waals surface area contributed by atoms with E-state index in [0.29, 0.717) is 0 Å². The van der Waals surface area contributed by atoms with E-state index in [4.69, 9.17) is 10.00 Å². The zero-order chi connectivity index (χ0) is 13.8. The molecule has 0 saturated carbocycles. The molecule has 0 amide bonds. The molecule has 0 aliphatic rings. The van der Waals surface area contributed by atoms with Crippen molar-refractivity contribution >= 4 is 38.9 Å². The SMILES string of the molecule is CCOC(=O)/C(C#N)=C\c1c[nH]c2ccc(Br)cc12. The van der Waals surface area contributed by atoms with E-state index in [0.717, 1.165) is 20.9 Å². The highest BCUT2D eigenvalue weighted by Crippen LogP contribution is 2.24. The number of benzene rings is 1. The van der Waals surface area contributed by atoms with E-state index in [1.807, 2.05) is 24.3 Å². The van der Waals surface area contributed by atoms with Gasteiger partial charge in [-0.2, -0.15) is 5.26 Å². The fraction of sp³-hybridized carbons (Fsp3) is 0.143. The van der Waals surface area contributed by atoms with Gasteiger partial charge in [-0.25, -0.2) is 4.79 Å². The zero-order valence-electron chi connectivity index (χ0n) is 10.2. The second-order valence-corrected chi connectivity index (χ2v) is 4.74. The van der Waals surface area contributed by atoms with Gasteiger partial charge in [0.2, 0.25) is 0 Å². The molecular weight excluding hydrogens is 308 g/mol. The average Bonchev–Trinajstić information content (AvgIpc) is 2.78. The van der Waals surface area contributed by atoms with Crippen LogP contribution >= 0.6 is 15.9 Å². The van der Waals surface area contributed by atoms with Crippen LogP contribution in [-0.2, 0) is 9.53 Å². The summed E-state index contributed by atoms with van der Waals surface area (Å²) >= 11 is 3.40. The van der Waals surface area contributed by atoms with E-state index in [9.17, 15) is 4.79 Å². The first kappa shape index (κ1) is 13.4. The molecule has 0 radical (unpaired) electrons. The summed E-state index contributed by atoms with van der Waals surface area (Å²) in [7, 11) is 0. The molecule has 1 N–H and O–H groups in total. The standard InChI is InChI=1S/C14H11BrN2O2/c1-2-19-14(18)9(7-16)5-10-8-17-13-4-3-11(15)6-12(10)13/h3-6,8,17H,2H2,1H3/b9-5-. The molecule has 0 saturated heterocycles. The first-order chi connectivity index (χ1) is 9.15. The van der Waals surface area contributed by atoms with Crippen LogP contribution in [0, 0.1) is 11.3 Å². The van der Waals surface area contributed by atoms with Crippen molar-refractivity contribution in [2.45, 2.75) is 6.92 Å². The second kappa shape index (κ2) is 5.72. The molecule has 2 aromatic rings. The number of carbonyl (C=O) groups excluding carboxylic acids is 1. The number of fused-ring (bicyclic) bond motifs is 1. The molecular formula is C14H11BrN2O2. The minimum atomic E-state index is -0.602. The van der Waals surface area contributed by atoms with Gasteiger partial charge in [0, 0.05) is 27.1 Å². The molecule has 2 rings (SSSR count). The minimum Gasteiger partial charge on any atom is -0.462 e. The normalized spacial score (nSPS) is 11.3. The lowest BCUT2D eigenvalue weighted by molar-refractivity contribution is -0.137. The lowest BCUT2D eigenvalue weighted by Crippen LogP contribution is -2.05. The van der Waals surface area contributed by atoms with Gasteiger partial charge in [-0.3, -0.25) is 0 Å². The third-order valence-electron chi connectivity index (χ3n) is 2.59. The van der Waals surface area contributed by atoms with Gasteiger partial charge >= 0.3 is 5.97 Å². The van der Waals surface area contributed by atoms with Gasteiger partial charge in [-0.1, -0.05) is 15.9 Å². The largest absolute Gasteiger partial charge is 0.462 e. The van der Waals surface area contributed by atoms with Crippen molar-refractivity contribution in [2.75, 3.05) is 6.61 Å². The minimum absolute atomic E-state index is 0.0114. The van der Waals surface area contributed by atoms with Crippen LogP contribution in [0.4, 0.5) is 0 Å². The molecule has 96 valence electrons. The van der Waals surface area contributed by atoms with Crippen molar-refractivity contribution in [1.29, 1.82) is 5.26 Å². The molecule has 0 spiro atoms. The molecule has 0 atom stereocenters. The molecule has 1 heterocycles. The van der Waals surface area contributed by atoms with Crippen LogP contribution in [0.1, 0.15) is 12.5 Å². The van der Waals surface area contributed by atoms with Crippen LogP contribution in [0.15, 0.2) is 34.4 Å². The van der Waals surface area contributed by atoms with E-state index in [1.54, 1.807) is 13.1 Å². The van der Waals surface area contributed by atoms with Crippen molar-refractivity contribution in [3.63, 3.8) is 0 Å². The Balaban J connectivity index is 2.47. The van der Waals surface area contributed by atoms with Gasteiger partial charge in [0.25, 0.3) is 0 Å². The number of nitrogens with one attached hydrogen (secondary N) is 1. The number of nitriles is 1. The van der Waals surface area contributed by atoms with Crippen LogP contribution in [0.3, 0.4) is 0 Å². The fourth-order valence-electron chi connectivity index (χ4n) is 1.74. The molecule has 1 aromatic carbocycles. The van der Waals surface area contributed by atoms with E-state index in [-0.39, 0.29) is 12.2 Å². The van der Waals surface area contributed by atoms with Gasteiger partial charge in [0.05, 0.1) is 6.61 Å². The monoisotopic (exact) mass is 318 g/mol. The Labute approximate surface area is 118 Å². The Kier molecular flexibility index (Phi) is 4.03. The summed E-state index contributed by atoms with van der Waals surface area (Å²) in [5, 5.41) is 9.95. The molecule has 0 aliphatic heterocycles. The second-order valence-electron chi connectivity index (χ2n) is 3.82. The number of esters is 1. The number of rotatable bonds is 3. The van der Waals surface area contributed by atoms with Crippen molar-refractivity contribution in [2.24, 2.45) is 0 Å². The molecule has 1 aromatic heterocycles. The number of H-pyrrole nitrogens is 1. The maximum Gasteiger partial charge on any atom is 0.348 e. The summed E-state index contributed by atoms with van der Waals surface area (Å²) in [5.74, 6) is -0.602. The molecule has 5 heteroatoms. The van der Waals surface area contributed by atoms with Crippen molar-refractivity contribution < 1.29 is 9.53 Å². The van der Waals surface area contributed by atoms with Gasteiger partial charge in [0.15, 0.2) is 0 Å². The summed E-state index contributed by atoms with van der Waals surface area (Å²) in [6.07, 6.45) is 3.29. The van der Waals surface area contributed by atoms with Crippen molar-refractivity contribution in [3.05, 3.63) is 40.0 Å². The van der Waals surface area contributed by atoms with Crippen molar-refractivity contribution in [3.8, 4) is 6.07 Å². The van der Waals surface area contributed by atoms with Gasteiger partial charge in [0.1, 0.15) is 11.6 Å². The average molecular weight is 319 g/mol.